The molecule has 6 nitrogen and oxygen atoms in total. The lowest BCUT2D eigenvalue weighted by Gasteiger charge is -2.40. The van der Waals surface area contributed by atoms with E-state index in [0.717, 1.165) is 41.5 Å². The van der Waals surface area contributed by atoms with Crippen molar-refractivity contribution in [3.8, 4) is 28.7 Å². The molecule has 6 heteroatoms. The normalized spacial score (nSPS) is 26.0. The number of ether oxygens (including phenoxy) is 4. The van der Waals surface area contributed by atoms with E-state index in [1.165, 1.54) is 17.7 Å². The van der Waals surface area contributed by atoms with Crippen LogP contribution in [0.2, 0.25) is 0 Å². The number of para-hydroxylation sites is 1. The summed E-state index contributed by atoms with van der Waals surface area (Å²) in [6.45, 7) is 4.67. The fourth-order valence-corrected chi connectivity index (χ4v) is 4.96. The molecule has 2 N–H and O–H groups in total. The predicted molar refractivity (Wildman–Crippen MR) is 103 cm³/mol. The summed E-state index contributed by atoms with van der Waals surface area (Å²) < 4.78 is 23.1. The van der Waals surface area contributed by atoms with E-state index in [4.69, 9.17) is 18.9 Å². The first-order valence-electron chi connectivity index (χ1n) is 9.98. The van der Waals surface area contributed by atoms with Crippen LogP contribution in [0.1, 0.15) is 36.8 Å². The van der Waals surface area contributed by atoms with Gasteiger partial charge in [0.05, 0.1) is 26.1 Å². The number of rotatable bonds is 3. The maximum atomic E-state index is 10.9. The van der Waals surface area contributed by atoms with Crippen LogP contribution in [0.4, 0.5) is 0 Å². The predicted octanol–water partition coefficient (Wildman–Crippen LogP) is 2.29. The molecule has 0 amide bonds. The second kappa shape index (κ2) is 6.78. The van der Waals surface area contributed by atoms with Gasteiger partial charge in [-0.3, -0.25) is 4.90 Å². The molecule has 0 spiro atoms. The van der Waals surface area contributed by atoms with Gasteiger partial charge in [0.25, 0.3) is 0 Å². The molecule has 3 atom stereocenters. The summed E-state index contributed by atoms with van der Waals surface area (Å²) in [5.74, 6) is 3.11. The molecule has 1 fully saturated rings. The first-order chi connectivity index (χ1) is 13.7. The Hall–Kier alpha value is -2.60. The summed E-state index contributed by atoms with van der Waals surface area (Å²) in [7, 11) is 1.58. The van der Waals surface area contributed by atoms with Gasteiger partial charge in [-0.25, -0.2) is 0 Å². The van der Waals surface area contributed by atoms with Crippen LogP contribution in [0.3, 0.4) is 0 Å². The zero-order valence-electron chi connectivity index (χ0n) is 16.2. The second-order valence-electron chi connectivity index (χ2n) is 7.88. The van der Waals surface area contributed by atoms with Crippen LogP contribution in [0.25, 0.3) is 0 Å². The Morgan fingerprint density at radius 3 is 2.54 bits per heavy atom. The molecule has 0 aliphatic carbocycles. The van der Waals surface area contributed by atoms with Crippen LogP contribution >= 0.6 is 0 Å². The number of aromatic hydroxyl groups is 1. The van der Waals surface area contributed by atoms with Gasteiger partial charge in [0.15, 0.2) is 23.0 Å². The van der Waals surface area contributed by atoms with Gasteiger partial charge in [-0.2, -0.15) is 0 Å². The Bertz CT molecular complexity index is 893. The summed E-state index contributed by atoms with van der Waals surface area (Å²) in [6, 6.07) is 9.64. The highest BCUT2D eigenvalue weighted by Crippen LogP contribution is 2.51. The van der Waals surface area contributed by atoms with Gasteiger partial charge in [0.1, 0.15) is 5.75 Å². The first-order valence-corrected chi connectivity index (χ1v) is 9.98. The minimum atomic E-state index is -0.0218. The number of hydrogen-bond donors (Lipinski definition) is 2. The third kappa shape index (κ3) is 2.66. The van der Waals surface area contributed by atoms with Crippen molar-refractivity contribution < 1.29 is 29.0 Å². The number of quaternary nitrogens is 1. The molecule has 0 radical (unpaired) electrons. The van der Waals surface area contributed by atoms with Crippen LogP contribution in [0.5, 0.6) is 28.7 Å². The van der Waals surface area contributed by atoms with Crippen molar-refractivity contribution in [3.05, 3.63) is 41.5 Å². The number of benzene rings is 2. The fourth-order valence-electron chi connectivity index (χ4n) is 4.96. The van der Waals surface area contributed by atoms with Crippen molar-refractivity contribution in [1.29, 1.82) is 0 Å². The minimum absolute atomic E-state index is 0.0218. The van der Waals surface area contributed by atoms with Gasteiger partial charge >= 0.3 is 0 Å². The van der Waals surface area contributed by atoms with Crippen molar-refractivity contribution in [3.63, 3.8) is 0 Å². The molecule has 148 valence electrons. The van der Waals surface area contributed by atoms with Crippen LogP contribution in [0.15, 0.2) is 30.3 Å². The number of likely N-dealkylation sites (tertiary alicyclic amines) is 1. The lowest BCUT2D eigenvalue weighted by atomic mass is 9.77. The summed E-state index contributed by atoms with van der Waals surface area (Å²) in [6.07, 6.45) is 2.49. The van der Waals surface area contributed by atoms with Gasteiger partial charge in [-0.05, 0) is 12.1 Å². The fraction of sp³-hybridized carbons (Fsp3) is 0.455. The van der Waals surface area contributed by atoms with Crippen molar-refractivity contribution in [1.82, 2.24) is 0 Å². The molecule has 3 aliphatic heterocycles. The topological polar surface area (TPSA) is 61.6 Å². The van der Waals surface area contributed by atoms with Gasteiger partial charge in [0.2, 0.25) is 13.0 Å². The van der Waals surface area contributed by atoms with Crippen molar-refractivity contribution >= 4 is 0 Å². The molecule has 0 unspecified atom stereocenters. The molecular weight excluding hydrogens is 358 g/mol. The minimum Gasteiger partial charge on any atom is -0.504 e. The van der Waals surface area contributed by atoms with Gasteiger partial charge in [-0.15, -0.1) is 0 Å². The number of phenols is 1. The van der Waals surface area contributed by atoms with E-state index in [0.29, 0.717) is 5.75 Å². The standard InChI is InChI=1S/C22H25NO5/c1-13-20(14-6-5-7-16(25-2)21(14)24)15-10-18-19(27-12-26-18)11-17(15)28-22(13)23-8-3-4-9-23/h5-7,10-11,13,20,22,24H,3-4,8-9,12H2,1-2H3/p+1/t13-,20+,22+/m1/s1. The van der Waals surface area contributed by atoms with Gasteiger partial charge in [-0.1, -0.05) is 19.1 Å². The van der Waals surface area contributed by atoms with E-state index in [-0.39, 0.29) is 30.6 Å². The summed E-state index contributed by atoms with van der Waals surface area (Å²) in [5.41, 5.74) is 1.88. The molecule has 3 heterocycles. The number of phenolic OH excluding ortho intramolecular Hbond substituents is 1. The highest BCUT2D eigenvalue weighted by molar-refractivity contribution is 5.58. The highest BCUT2D eigenvalue weighted by atomic mass is 16.7. The van der Waals surface area contributed by atoms with Crippen LogP contribution < -0.4 is 23.8 Å². The first kappa shape index (κ1) is 17.5. The quantitative estimate of drug-likeness (QED) is 0.850. The van der Waals surface area contributed by atoms with Gasteiger partial charge < -0.3 is 24.1 Å². The third-order valence-corrected chi connectivity index (χ3v) is 6.33. The average Bonchev–Trinajstić information content (AvgIpc) is 3.38. The molecule has 3 aliphatic rings. The molecule has 28 heavy (non-hydrogen) atoms. The van der Waals surface area contributed by atoms with Crippen molar-refractivity contribution in [2.45, 2.75) is 31.9 Å². The monoisotopic (exact) mass is 384 g/mol. The van der Waals surface area contributed by atoms with Gasteiger partial charge in [0, 0.05) is 36.0 Å². The van der Waals surface area contributed by atoms with Crippen molar-refractivity contribution in [2.24, 2.45) is 5.92 Å². The summed E-state index contributed by atoms with van der Waals surface area (Å²) in [4.78, 5) is 1.48. The van der Waals surface area contributed by atoms with Crippen LogP contribution in [0, 0.1) is 5.92 Å². The number of hydrogen-bond acceptors (Lipinski definition) is 5. The lowest BCUT2D eigenvalue weighted by molar-refractivity contribution is -0.937. The smallest absolute Gasteiger partial charge is 0.235 e. The van der Waals surface area contributed by atoms with E-state index < -0.39 is 0 Å². The molecule has 2 aromatic rings. The Labute approximate surface area is 164 Å². The highest BCUT2D eigenvalue weighted by Gasteiger charge is 2.44. The van der Waals surface area contributed by atoms with Crippen LogP contribution in [-0.2, 0) is 0 Å². The Kier molecular flexibility index (Phi) is 4.23. The van der Waals surface area contributed by atoms with E-state index in [9.17, 15) is 5.11 Å². The third-order valence-electron chi connectivity index (χ3n) is 6.33. The van der Waals surface area contributed by atoms with E-state index in [1.807, 2.05) is 24.3 Å². The summed E-state index contributed by atoms with van der Waals surface area (Å²) in [5, 5.41) is 10.9. The van der Waals surface area contributed by atoms with Crippen molar-refractivity contribution in [2.75, 3.05) is 27.0 Å². The molecule has 1 saturated heterocycles. The second-order valence-corrected chi connectivity index (χ2v) is 7.88. The zero-order chi connectivity index (χ0) is 19.3. The molecular formula is C22H26NO5+. The largest absolute Gasteiger partial charge is 0.504 e. The summed E-state index contributed by atoms with van der Waals surface area (Å²) >= 11 is 0. The Morgan fingerprint density at radius 1 is 1.04 bits per heavy atom. The zero-order valence-corrected chi connectivity index (χ0v) is 16.2. The maximum Gasteiger partial charge on any atom is 0.235 e. The number of methoxy groups -OCH3 is 1. The maximum absolute atomic E-state index is 10.9. The lowest BCUT2D eigenvalue weighted by Crippen LogP contribution is -3.16. The number of nitrogens with one attached hydrogen (secondary N) is 1. The average molecular weight is 384 g/mol. The Morgan fingerprint density at radius 2 is 1.79 bits per heavy atom. The van der Waals surface area contributed by atoms with E-state index in [1.54, 1.807) is 13.2 Å². The molecule has 0 saturated carbocycles. The molecule has 0 aromatic heterocycles. The SMILES string of the molecule is COc1cccc([C@H]2c3cc4c(cc3O[C@H]([NH+]3CCCC3)[C@@H]2C)OCO4)c1O. The van der Waals surface area contributed by atoms with Crippen LogP contribution in [-0.4, -0.2) is 38.3 Å². The van der Waals surface area contributed by atoms with E-state index in [2.05, 4.69) is 6.92 Å². The molecule has 2 aromatic carbocycles. The van der Waals surface area contributed by atoms with E-state index >= 15 is 0 Å². The number of fused-ring (bicyclic) bond motifs is 2. The molecule has 0 bridgehead atoms. The Balaban J connectivity index is 1.65. The molecule has 5 rings (SSSR count).